The maximum Gasteiger partial charge on any atom is 0.408 e. The quantitative estimate of drug-likeness (QED) is 0.288. The van der Waals surface area contributed by atoms with Crippen molar-refractivity contribution in [3.8, 4) is 0 Å². The van der Waals surface area contributed by atoms with Gasteiger partial charge in [0.15, 0.2) is 23.3 Å². The number of hydrogen-bond acceptors (Lipinski definition) is 6. The number of benzene rings is 2. The average Bonchev–Trinajstić information content (AvgIpc) is 2.79. The Bertz CT molecular complexity index is 1110. The minimum absolute atomic E-state index is 0.0505. The minimum atomic E-state index is -1.19. The lowest BCUT2D eigenvalue weighted by molar-refractivity contribution is -0.144. The van der Waals surface area contributed by atoms with E-state index in [1.165, 1.54) is 12.1 Å². The number of amides is 1. The van der Waals surface area contributed by atoms with E-state index in [2.05, 4.69) is 5.32 Å². The normalized spacial score (nSPS) is 12.4. The van der Waals surface area contributed by atoms with Crippen molar-refractivity contribution >= 4 is 18.0 Å². The molecule has 0 radical (unpaired) electrons. The highest BCUT2D eigenvalue weighted by Gasteiger charge is 2.23. The summed E-state index contributed by atoms with van der Waals surface area (Å²) >= 11 is 0. The third-order valence-corrected chi connectivity index (χ3v) is 4.64. The summed E-state index contributed by atoms with van der Waals surface area (Å²) in [4.78, 5) is 33.8. The predicted molar refractivity (Wildman–Crippen MR) is 130 cm³/mol. The zero-order valence-electron chi connectivity index (χ0n) is 21.5. The lowest BCUT2D eigenvalue weighted by Crippen LogP contribution is -2.35. The fourth-order valence-electron chi connectivity index (χ4n) is 2.92. The van der Waals surface area contributed by atoms with Crippen LogP contribution in [0.4, 0.5) is 22.4 Å². The molecule has 0 saturated heterocycles. The van der Waals surface area contributed by atoms with Crippen LogP contribution in [0.3, 0.4) is 0 Å². The summed E-state index contributed by atoms with van der Waals surface area (Å²) in [5, 5.41) is 11.2. The van der Waals surface area contributed by atoms with Gasteiger partial charge in [0.25, 0.3) is 0 Å². The molecule has 0 saturated carbocycles. The summed E-state index contributed by atoms with van der Waals surface area (Å²) in [6.07, 6.45) is -0.639. The van der Waals surface area contributed by atoms with Crippen molar-refractivity contribution in [2.75, 3.05) is 6.61 Å². The number of carbonyl (C=O) groups excluding carboxylic acids is 2. The Morgan fingerprint density at radius 2 is 1.45 bits per heavy atom. The van der Waals surface area contributed by atoms with E-state index in [-0.39, 0.29) is 12.0 Å². The van der Waals surface area contributed by atoms with Crippen LogP contribution >= 0.6 is 0 Å². The predicted octanol–water partition coefficient (Wildman–Crippen LogP) is 5.31. The van der Waals surface area contributed by atoms with E-state index in [0.29, 0.717) is 12.2 Å². The molecule has 210 valence electrons. The monoisotopic (exact) mass is 544 g/mol. The van der Waals surface area contributed by atoms with Gasteiger partial charge in [-0.3, -0.25) is 9.59 Å². The second-order valence-electron chi connectivity index (χ2n) is 9.17. The molecule has 2 rings (SSSR count). The molecule has 0 aliphatic heterocycles. The number of halogens is 4. The second-order valence-corrected chi connectivity index (χ2v) is 9.17. The van der Waals surface area contributed by atoms with Gasteiger partial charge in [-0.1, -0.05) is 19.1 Å². The van der Waals surface area contributed by atoms with Gasteiger partial charge in [-0.25, -0.2) is 22.4 Å². The van der Waals surface area contributed by atoms with Crippen LogP contribution in [0, 0.1) is 23.3 Å². The SMILES string of the molecule is CC(C)(C)OC(=O)N[C@H](CC(=O)O)c1ccc(F)c(F)c1.CCCOC(=O)C[C@@H](N)c1ccc(F)c(F)c1. The summed E-state index contributed by atoms with van der Waals surface area (Å²) < 4.78 is 61.6. The third kappa shape index (κ3) is 12.0. The lowest BCUT2D eigenvalue weighted by Gasteiger charge is -2.23. The Kier molecular flexibility index (Phi) is 12.7. The van der Waals surface area contributed by atoms with Crippen LogP contribution in [0.25, 0.3) is 0 Å². The highest BCUT2D eigenvalue weighted by atomic mass is 19.2. The molecule has 4 N–H and O–H groups in total. The van der Waals surface area contributed by atoms with Crippen LogP contribution in [0.15, 0.2) is 36.4 Å². The topological polar surface area (TPSA) is 128 Å². The van der Waals surface area contributed by atoms with E-state index in [9.17, 15) is 31.9 Å². The molecule has 0 unspecified atom stereocenters. The zero-order valence-corrected chi connectivity index (χ0v) is 21.5. The number of alkyl carbamates (subject to hydrolysis) is 1. The molecule has 2 aromatic rings. The second kappa shape index (κ2) is 14.9. The maximum atomic E-state index is 13.2. The zero-order chi connectivity index (χ0) is 29.0. The molecule has 12 heteroatoms. The number of aliphatic carboxylic acids is 1. The molecule has 0 aromatic heterocycles. The Morgan fingerprint density at radius 3 is 1.92 bits per heavy atom. The first-order valence-corrected chi connectivity index (χ1v) is 11.6. The van der Waals surface area contributed by atoms with Gasteiger partial charge in [-0.15, -0.1) is 0 Å². The number of carbonyl (C=O) groups is 3. The molecule has 2 aromatic carbocycles. The van der Waals surface area contributed by atoms with Crippen LogP contribution in [0.2, 0.25) is 0 Å². The molecule has 0 bridgehead atoms. The smallest absolute Gasteiger partial charge is 0.408 e. The van der Waals surface area contributed by atoms with Crippen LogP contribution < -0.4 is 11.1 Å². The number of carboxylic acid groups (broad SMARTS) is 1. The van der Waals surface area contributed by atoms with Gasteiger partial charge in [0.05, 0.1) is 25.5 Å². The standard InChI is InChI=1S/C14H17F2NO4.C12H15F2NO2/c1-14(2,3)21-13(20)17-11(7-12(18)19)8-4-5-9(15)10(16)6-8;1-2-5-17-12(16)7-11(15)8-3-4-9(13)10(14)6-8/h4-6,11H,7H2,1-3H3,(H,17,20)(H,18,19);3-4,6,11H,2,5,7,15H2,1H3/t2*11-/m11/s1. The molecular weight excluding hydrogens is 512 g/mol. The molecule has 8 nitrogen and oxygen atoms in total. The highest BCUT2D eigenvalue weighted by Crippen LogP contribution is 2.21. The molecule has 1 amide bonds. The maximum absolute atomic E-state index is 13.2. The number of nitrogens with one attached hydrogen (secondary N) is 1. The minimum Gasteiger partial charge on any atom is -0.481 e. The van der Waals surface area contributed by atoms with E-state index >= 15 is 0 Å². The van der Waals surface area contributed by atoms with Gasteiger partial charge in [-0.05, 0) is 62.6 Å². The first-order valence-electron chi connectivity index (χ1n) is 11.6. The summed E-state index contributed by atoms with van der Waals surface area (Å²) in [6, 6.07) is 4.56. The van der Waals surface area contributed by atoms with E-state index in [1.807, 2.05) is 6.92 Å². The number of ether oxygens (including phenoxy) is 2. The van der Waals surface area contributed by atoms with Crippen molar-refractivity contribution in [2.24, 2.45) is 5.73 Å². The van der Waals surface area contributed by atoms with Crippen molar-refractivity contribution in [1.29, 1.82) is 0 Å². The molecule has 0 fully saturated rings. The van der Waals surface area contributed by atoms with E-state index in [1.54, 1.807) is 20.8 Å². The number of rotatable bonds is 9. The van der Waals surface area contributed by atoms with E-state index in [0.717, 1.165) is 30.7 Å². The van der Waals surface area contributed by atoms with Gasteiger partial charge in [0.2, 0.25) is 0 Å². The summed E-state index contributed by atoms with van der Waals surface area (Å²) in [5.41, 5.74) is 5.45. The van der Waals surface area contributed by atoms with Gasteiger partial charge in [0, 0.05) is 6.04 Å². The van der Waals surface area contributed by atoms with Crippen molar-refractivity contribution in [3.63, 3.8) is 0 Å². The average molecular weight is 545 g/mol. The van der Waals surface area contributed by atoms with Crippen molar-refractivity contribution in [2.45, 2.75) is 64.6 Å². The number of carboxylic acids is 1. The summed E-state index contributed by atoms with van der Waals surface area (Å²) in [7, 11) is 0. The first kappa shape index (κ1) is 32.4. The fraction of sp³-hybridized carbons (Fsp3) is 0.423. The third-order valence-electron chi connectivity index (χ3n) is 4.64. The molecular formula is C26H32F4N2O6. The molecule has 0 spiro atoms. The van der Waals surface area contributed by atoms with Crippen LogP contribution in [0.1, 0.15) is 70.2 Å². The van der Waals surface area contributed by atoms with Crippen LogP contribution in [0.5, 0.6) is 0 Å². The molecule has 38 heavy (non-hydrogen) atoms. The number of hydrogen-bond donors (Lipinski definition) is 3. The lowest BCUT2D eigenvalue weighted by atomic mass is 10.0. The van der Waals surface area contributed by atoms with Gasteiger partial charge in [0.1, 0.15) is 5.60 Å². The van der Waals surface area contributed by atoms with Crippen molar-refractivity contribution in [1.82, 2.24) is 5.32 Å². The van der Waals surface area contributed by atoms with E-state index in [4.69, 9.17) is 20.3 Å². The highest BCUT2D eigenvalue weighted by molar-refractivity contribution is 5.72. The Hall–Kier alpha value is -3.67. The van der Waals surface area contributed by atoms with Crippen LogP contribution in [-0.4, -0.2) is 35.3 Å². The van der Waals surface area contributed by atoms with Gasteiger partial charge >= 0.3 is 18.0 Å². The summed E-state index contributed by atoms with van der Waals surface area (Å²) in [5.74, 6) is -5.71. The largest absolute Gasteiger partial charge is 0.481 e. The molecule has 0 heterocycles. The number of nitrogens with two attached hydrogens (primary N) is 1. The Balaban J connectivity index is 0.000000389. The molecule has 0 aliphatic rings. The van der Waals surface area contributed by atoms with Crippen LogP contribution in [-0.2, 0) is 19.1 Å². The van der Waals surface area contributed by atoms with E-state index < -0.39 is 65.4 Å². The first-order chi connectivity index (χ1) is 17.6. The van der Waals surface area contributed by atoms with Crippen molar-refractivity contribution in [3.05, 3.63) is 70.8 Å². The van der Waals surface area contributed by atoms with Gasteiger partial charge in [-0.2, -0.15) is 0 Å². The van der Waals surface area contributed by atoms with Crippen molar-refractivity contribution < 1.29 is 46.5 Å². The molecule has 2 atom stereocenters. The summed E-state index contributed by atoms with van der Waals surface area (Å²) in [6.45, 7) is 7.16. The molecule has 0 aliphatic carbocycles. The number of esters is 1. The Labute approximate surface area is 218 Å². The fourth-order valence-corrected chi connectivity index (χ4v) is 2.92. The Morgan fingerprint density at radius 1 is 0.921 bits per heavy atom. The van der Waals surface area contributed by atoms with Gasteiger partial charge < -0.3 is 25.6 Å².